The van der Waals surface area contributed by atoms with Gasteiger partial charge in [-0.3, -0.25) is 0 Å². The van der Waals surface area contributed by atoms with Crippen LogP contribution >= 0.6 is 22.6 Å². The van der Waals surface area contributed by atoms with E-state index < -0.39 is 0 Å². The van der Waals surface area contributed by atoms with Crippen LogP contribution < -0.4 is 0 Å². The molecule has 0 spiro atoms. The van der Waals surface area contributed by atoms with Gasteiger partial charge in [-0.25, -0.2) is 0 Å². The Morgan fingerprint density at radius 3 is 1.76 bits per heavy atom. The van der Waals surface area contributed by atoms with E-state index in [0.717, 1.165) is 6.42 Å². The van der Waals surface area contributed by atoms with Gasteiger partial charge in [-0.1, -0.05) is 67.6 Å². The van der Waals surface area contributed by atoms with Crippen molar-refractivity contribution in [1.29, 1.82) is 0 Å². The lowest BCUT2D eigenvalue weighted by Gasteiger charge is -2.09. The number of rotatable bonds is 3. The van der Waals surface area contributed by atoms with Crippen LogP contribution in [0.4, 0.5) is 0 Å². The van der Waals surface area contributed by atoms with Crippen LogP contribution in [0.15, 0.2) is 60.7 Å². The summed E-state index contributed by atoms with van der Waals surface area (Å²) in [6, 6.07) is 21.2. The fraction of sp³-hybridized carbons (Fsp3) is 0.125. The highest BCUT2D eigenvalue weighted by molar-refractivity contribution is 14.1. The number of hydrogen-bond donors (Lipinski definition) is 0. The molecule has 0 bridgehead atoms. The molecule has 0 N–H and O–H groups in total. The third-order valence-corrected chi connectivity index (χ3v) is 4.04. The van der Waals surface area contributed by atoms with Crippen LogP contribution in [-0.2, 0) is 0 Å². The van der Waals surface area contributed by atoms with Crippen molar-refractivity contribution < 1.29 is 0 Å². The molecule has 0 nitrogen and oxygen atoms in total. The number of benzene rings is 2. The zero-order valence-electron chi connectivity index (χ0n) is 9.86. The van der Waals surface area contributed by atoms with Crippen molar-refractivity contribution in [1.82, 2.24) is 0 Å². The Balaban J connectivity index is 2.48. The van der Waals surface area contributed by atoms with E-state index in [1.807, 2.05) is 0 Å². The Bertz CT molecular complexity index is 498. The first-order chi connectivity index (χ1) is 8.33. The van der Waals surface area contributed by atoms with Crippen molar-refractivity contribution in [3.8, 4) is 0 Å². The fourth-order valence-electron chi connectivity index (χ4n) is 1.88. The maximum atomic E-state index is 2.45. The molecule has 0 aliphatic rings. The molecule has 0 aromatic heterocycles. The number of allylic oxidation sites excluding steroid dienone is 1. The summed E-state index contributed by atoms with van der Waals surface area (Å²) >= 11 is 2.45. The monoisotopic (exact) mass is 334 g/mol. The average molecular weight is 334 g/mol. The maximum absolute atomic E-state index is 2.45. The van der Waals surface area contributed by atoms with Gasteiger partial charge in [0.2, 0.25) is 0 Å². The van der Waals surface area contributed by atoms with E-state index in [1.165, 1.54) is 20.3 Å². The van der Waals surface area contributed by atoms with Crippen LogP contribution in [-0.4, -0.2) is 0 Å². The van der Waals surface area contributed by atoms with Crippen molar-refractivity contribution in [2.24, 2.45) is 0 Å². The van der Waals surface area contributed by atoms with Crippen molar-refractivity contribution in [2.45, 2.75) is 13.3 Å². The second-order valence-electron chi connectivity index (χ2n) is 3.88. The molecule has 0 fully saturated rings. The first-order valence-corrected chi connectivity index (χ1v) is 6.90. The van der Waals surface area contributed by atoms with Gasteiger partial charge >= 0.3 is 0 Å². The van der Waals surface area contributed by atoms with Gasteiger partial charge in [-0.05, 0) is 45.7 Å². The largest absolute Gasteiger partial charge is 0.0622 e. The minimum atomic E-state index is 1.05. The summed E-state index contributed by atoms with van der Waals surface area (Å²) in [7, 11) is 0. The predicted molar refractivity (Wildman–Crippen MR) is 84.0 cm³/mol. The van der Waals surface area contributed by atoms with Crippen molar-refractivity contribution in [3.05, 3.63) is 71.8 Å². The highest BCUT2D eigenvalue weighted by Gasteiger charge is 2.06. The number of hydrogen-bond acceptors (Lipinski definition) is 0. The highest BCUT2D eigenvalue weighted by Crippen LogP contribution is 2.33. The third-order valence-electron chi connectivity index (χ3n) is 2.77. The van der Waals surface area contributed by atoms with Gasteiger partial charge in [0.25, 0.3) is 0 Å². The second kappa shape index (κ2) is 6.01. The molecule has 0 atom stereocenters. The normalized spacial score (nSPS) is 12.1. The molecular formula is C16H15I. The Labute approximate surface area is 117 Å². The summed E-state index contributed by atoms with van der Waals surface area (Å²) in [5, 5.41) is 0. The molecule has 0 unspecified atom stereocenters. The van der Waals surface area contributed by atoms with Crippen LogP contribution in [0.5, 0.6) is 0 Å². The minimum absolute atomic E-state index is 1.05. The quantitative estimate of drug-likeness (QED) is 0.521. The summed E-state index contributed by atoms with van der Waals surface area (Å²) < 4.78 is 1.34. The average Bonchev–Trinajstić information content (AvgIpc) is 2.42. The molecule has 1 heteroatoms. The predicted octanol–water partition coefficient (Wildman–Crippen LogP) is 5.40. The lowest BCUT2D eigenvalue weighted by molar-refractivity contribution is 1.25. The molecule has 2 rings (SSSR count). The summed E-state index contributed by atoms with van der Waals surface area (Å²) in [6.07, 6.45) is 1.05. The van der Waals surface area contributed by atoms with E-state index in [4.69, 9.17) is 0 Å². The van der Waals surface area contributed by atoms with Gasteiger partial charge in [-0.2, -0.15) is 0 Å². The van der Waals surface area contributed by atoms with Gasteiger partial charge in [0.05, 0.1) is 0 Å². The molecule has 2 aromatic carbocycles. The standard InChI is InChI=1S/C16H15I/c1-2-15(13-9-5-3-6-10-13)16(17)14-11-7-4-8-12-14/h3-12H,2H2,1H3/b16-15-. The highest BCUT2D eigenvalue weighted by atomic mass is 127. The minimum Gasteiger partial charge on any atom is -0.0622 e. The topological polar surface area (TPSA) is 0 Å². The zero-order valence-corrected chi connectivity index (χ0v) is 12.0. The molecular weight excluding hydrogens is 319 g/mol. The van der Waals surface area contributed by atoms with E-state index in [9.17, 15) is 0 Å². The molecule has 0 aliphatic carbocycles. The second-order valence-corrected chi connectivity index (χ2v) is 4.96. The van der Waals surface area contributed by atoms with E-state index >= 15 is 0 Å². The Kier molecular flexibility index (Phi) is 4.37. The summed E-state index contributed by atoms with van der Waals surface area (Å²) in [5.74, 6) is 0. The van der Waals surface area contributed by atoms with Crippen LogP contribution in [0.25, 0.3) is 9.15 Å². The molecule has 0 saturated heterocycles. The van der Waals surface area contributed by atoms with Gasteiger partial charge < -0.3 is 0 Å². The van der Waals surface area contributed by atoms with Gasteiger partial charge in [-0.15, -0.1) is 0 Å². The van der Waals surface area contributed by atoms with Crippen LogP contribution in [0, 0.1) is 0 Å². The summed E-state index contributed by atoms with van der Waals surface area (Å²) in [5.41, 5.74) is 4.04. The van der Waals surface area contributed by atoms with E-state index in [2.05, 4.69) is 90.2 Å². The van der Waals surface area contributed by atoms with Crippen LogP contribution in [0.1, 0.15) is 24.5 Å². The molecule has 0 amide bonds. The molecule has 0 aliphatic heterocycles. The molecule has 0 saturated carbocycles. The number of halogens is 1. The van der Waals surface area contributed by atoms with Crippen molar-refractivity contribution in [3.63, 3.8) is 0 Å². The molecule has 17 heavy (non-hydrogen) atoms. The SMILES string of the molecule is CC/C(=C(/I)c1ccccc1)c1ccccc1. The van der Waals surface area contributed by atoms with E-state index in [0.29, 0.717) is 0 Å². The summed E-state index contributed by atoms with van der Waals surface area (Å²) in [4.78, 5) is 0. The van der Waals surface area contributed by atoms with Crippen LogP contribution in [0.2, 0.25) is 0 Å². The van der Waals surface area contributed by atoms with Crippen molar-refractivity contribution in [2.75, 3.05) is 0 Å². The fourth-order valence-corrected chi connectivity index (χ4v) is 2.94. The van der Waals surface area contributed by atoms with Gasteiger partial charge in [0.15, 0.2) is 0 Å². The molecule has 0 heterocycles. The Morgan fingerprint density at radius 1 is 0.824 bits per heavy atom. The first-order valence-electron chi connectivity index (χ1n) is 5.82. The molecule has 0 radical (unpaired) electrons. The lowest BCUT2D eigenvalue weighted by Crippen LogP contribution is -1.86. The zero-order chi connectivity index (χ0) is 12.1. The molecule has 86 valence electrons. The van der Waals surface area contributed by atoms with Gasteiger partial charge in [0.1, 0.15) is 0 Å². The summed E-state index contributed by atoms with van der Waals surface area (Å²) in [6.45, 7) is 2.21. The first kappa shape index (κ1) is 12.4. The smallest absolute Gasteiger partial charge is 0.0240 e. The lowest BCUT2D eigenvalue weighted by atomic mass is 10.0. The van der Waals surface area contributed by atoms with E-state index in [1.54, 1.807) is 0 Å². The van der Waals surface area contributed by atoms with Crippen LogP contribution in [0.3, 0.4) is 0 Å². The van der Waals surface area contributed by atoms with Crippen molar-refractivity contribution >= 4 is 31.7 Å². The molecule has 2 aromatic rings. The van der Waals surface area contributed by atoms with Gasteiger partial charge in [0, 0.05) is 3.58 Å². The van der Waals surface area contributed by atoms with E-state index in [-0.39, 0.29) is 0 Å². The Hall–Kier alpha value is -1.09. The maximum Gasteiger partial charge on any atom is 0.0240 e. The third kappa shape index (κ3) is 2.97. The Morgan fingerprint density at radius 2 is 1.29 bits per heavy atom.